The summed E-state index contributed by atoms with van der Waals surface area (Å²) in [5.41, 5.74) is 18.0. The van der Waals surface area contributed by atoms with Crippen LogP contribution in [0.3, 0.4) is 0 Å². The third-order valence-electron chi connectivity index (χ3n) is 12.5. The van der Waals surface area contributed by atoms with Gasteiger partial charge in [0.1, 0.15) is 48.3 Å². The first-order valence-corrected chi connectivity index (χ1v) is 27.2. The van der Waals surface area contributed by atoms with E-state index in [1.54, 1.807) is 102 Å². The standard InChI is InChI=1S/C55H83N13O15/c1-29(2)22-34(56)46(74)63-40(27-43(57)69)52(80)62-36(19-20-44(70)71)48(76)67-41(28-45(72)73)53(81)65-38(24-31(5)6)50(78)64-37(23-30(3)4)49(77)61-35(18-13-21-60-55(58)59)47(75)66-39(25-32-14-9-7-10-15-32)51(79)68-42(54(82)83)26-33-16-11-8-12-17-33/h7-12,14-17,29-31,34-42H,13,18-28,56H2,1-6H3,(H2,57,69)(H,61,77)(H,62,80)(H,63,74)(H,64,78)(H,65,81)(H,66,75)(H,67,76)(H,68,79)(H,70,71)(H,72,73)(H,82,83)(H4,58,59,60)/t34-,35-,36-,37-,38-,39-,40-,41-,42-/m0/s1. The van der Waals surface area contributed by atoms with Crippen molar-refractivity contribution in [2.75, 3.05) is 6.54 Å². The molecular formula is C55H83N13O15. The maximum absolute atomic E-state index is 14.4. The summed E-state index contributed by atoms with van der Waals surface area (Å²) in [5, 5.41) is 59.2. The van der Waals surface area contributed by atoms with Gasteiger partial charge in [-0.2, -0.15) is 0 Å². The third kappa shape index (κ3) is 28.0. The maximum atomic E-state index is 14.4. The van der Waals surface area contributed by atoms with E-state index in [1.165, 1.54) is 0 Å². The van der Waals surface area contributed by atoms with E-state index in [4.69, 9.17) is 22.6 Å². The van der Waals surface area contributed by atoms with Gasteiger partial charge in [0.2, 0.25) is 53.2 Å². The molecular weight excluding hydrogens is 1080 g/mol. The number of amides is 9. The topological polar surface area (TPSA) is 476 Å². The largest absolute Gasteiger partial charge is 0.481 e. The van der Waals surface area contributed by atoms with Crippen molar-refractivity contribution < 1.29 is 72.9 Å². The third-order valence-corrected chi connectivity index (χ3v) is 12.5. The van der Waals surface area contributed by atoms with Gasteiger partial charge in [0.05, 0.1) is 18.9 Å². The molecule has 0 aliphatic heterocycles. The van der Waals surface area contributed by atoms with Crippen LogP contribution >= 0.6 is 0 Å². The minimum Gasteiger partial charge on any atom is -0.481 e. The Bertz CT molecular complexity index is 2550. The summed E-state index contributed by atoms with van der Waals surface area (Å²) < 4.78 is 0. The van der Waals surface area contributed by atoms with Crippen molar-refractivity contribution in [1.29, 1.82) is 5.41 Å². The highest BCUT2D eigenvalue weighted by atomic mass is 16.4. The van der Waals surface area contributed by atoms with Gasteiger partial charge in [0.15, 0.2) is 5.96 Å². The Morgan fingerprint density at radius 1 is 0.446 bits per heavy atom. The first kappa shape index (κ1) is 70.4. The van der Waals surface area contributed by atoms with Crippen LogP contribution in [0.1, 0.15) is 110 Å². The molecule has 0 fully saturated rings. The van der Waals surface area contributed by atoms with Crippen LogP contribution in [-0.4, -0.2) is 153 Å². The van der Waals surface area contributed by atoms with E-state index >= 15 is 0 Å². The molecule has 0 heterocycles. The van der Waals surface area contributed by atoms with Crippen molar-refractivity contribution in [2.45, 2.75) is 167 Å². The van der Waals surface area contributed by atoms with Crippen molar-refractivity contribution in [2.24, 2.45) is 35.0 Å². The lowest BCUT2D eigenvalue weighted by atomic mass is 9.99. The second-order valence-corrected chi connectivity index (χ2v) is 21.4. The number of carboxylic acids is 3. The first-order chi connectivity index (χ1) is 38.9. The van der Waals surface area contributed by atoms with E-state index in [1.807, 2.05) is 0 Å². The van der Waals surface area contributed by atoms with Crippen LogP contribution in [0.15, 0.2) is 60.7 Å². The summed E-state index contributed by atoms with van der Waals surface area (Å²) in [5.74, 6) is -14.6. The highest BCUT2D eigenvalue weighted by Crippen LogP contribution is 2.14. The zero-order valence-corrected chi connectivity index (χ0v) is 47.7. The normalized spacial score (nSPS) is 14.3. The van der Waals surface area contributed by atoms with E-state index in [9.17, 15) is 72.9 Å². The molecule has 0 saturated carbocycles. The van der Waals surface area contributed by atoms with Crippen LogP contribution in [0.5, 0.6) is 0 Å². The van der Waals surface area contributed by atoms with Crippen LogP contribution in [0.4, 0.5) is 0 Å². The Balaban J connectivity index is 2.49. The molecule has 458 valence electrons. The molecule has 9 amide bonds. The SMILES string of the molecule is CC(C)C[C@H](NC(=O)[C@H](CC(C)C)NC(=O)[C@H](CC(=O)O)NC(=O)[C@H](CCC(=O)O)NC(=O)[C@H](CC(N)=O)NC(=O)[C@@H](N)CC(C)C)C(=O)N[C@@H](CCCNC(=N)N)C(=O)N[C@@H](Cc1ccccc1)C(=O)N[C@@H](Cc1ccccc1)C(=O)O. The minimum atomic E-state index is -1.99. The quantitative estimate of drug-likeness (QED) is 0.0204. The van der Waals surface area contributed by atoms with Gasteiger partial charge in [-0.1, -0.05) is 102 Å². The summed E-state index contributed by atoms with van der Waals surface area (Å²) in [7, 11) is 0. The fraction of sp³-hybridized carbons (Fsp3) is 0.545. The van der Waals surface area contributed by atoms with E-state index < -0.39 is 151 Å². The molecule has 19 N–H and O–H groups in total. The van der Waals surface area contributed by atoms with Gasteiger partial charge in [-0.25, -0.2) is 4.79 Å². The average Bonchev–Trinajstić information content (AvgIpc) is 3.45. The van der Waals surface area contributed by atoms with Gasteiger partial charge in [-0.15, -0.1) is 0 Å². The van der Waals surface area contributed by atoms with E-state index in [0.29, 0.717) is 11.1 Å². The lowest BCUT2D eigenvalue weighted by Crippen LogP contribution is -2.61. The summed E-state index contributed by atoms with van der Waals surface area (Å²) in [6.45, 7) is 10.5. The number of nitrogens with two attached hydrogens (primary N) is 3. The smallest absolute Gasteiger partial charge is 0.326 e. The maximum Gasteiger partial charge on any atom is 0.326 e. The van der Waals surface area contributed by atoms with Gasteiger partial charge >= 0.3 is 17.9 Å². The average molecular weight is 1170 g/mol. The zero-order chi connectivity index (χ0) is 62.5. The van der Waals surface area contributed by atoms with Gasteiger partial charge in [0, 0.05) is 25.8 Å². The highest BCUT2D eigenvalue weighted by Gasteiger charge is 2.37. The second kappa shape index (κ2) is 35.9. The zero-order valence-electron chi connectivity index (χ0n) is 47.7. The van der Waals surface area contributed by atoms with Crippen molar-refractivity contribution in [1.82, 2.24) is 47.9 Å². The molecule has 28 nitrogen and oxygen atoms in total. The number of carbonyl (C=O) groups is 12. The van der Waals surface area contributed by atoms with Crippen LogP contribution in [0, 0.1) is 23.2 Å². The molecule has 0 spiro atoms. The molecule has 28 heteroatoms. The predicted molar refractivity (Wildman–Crippen MR) is 302 cm³/mol. The Kier molecular flexibility index (Phi) is 30.5. The monoisotopic (exact) mass is 1170 g/mol. The number of guanidine groups is 1. The molecule has 0 aliphatic rings. The summed E-state index contributed by atoms with van der Waals surface area (Å²) >= 11 is 0. The van der Waals surface area contributed by atoms with Crippen molar-refractivity contribution in [3.63, 3.8) is 0 Å². The fourth-order valence-electron chi connectivity index (χ4n) is 8.44. The van der Waals surface area contributed by atoms with Crippen molar-refractivity contribution in [3.8, 4) is 0 Å². The number of benzene rings is 2. The number of carbonyl (C=O) groups excluding carboxylic acids is 9. The Morgan fingerprint density at radius 3 is 1.23 bits per heavy atom. The van der Waals surface area contributed by atoms with Crippen molar-refractivity contribution >= 4 is 77.0 Å². The lowest BCUT2D eigenvalue weighted by Gasteiger charge is -2.29. The fourth-order valence-corrected chi connectivity index (χ4v) is 8.44. The van der Waals surface area contributed by atoms with Gasteiger partial charge in [-0.05, 0) is 67.4 Å². The van der Waals surface area contributed by atoms with E-state index in [2.05, 4.69) is 47.9 Å². The van der Waals surface area contributed by atoms with E-state index in [0.717, 1.165) is 0 Å². The first-order valence-electron chi connectivity index (χ1n) is 27.2. The van der Waals surface area contributed by atoms with Crippen LogP contribution in [0.2, 0.25) is 0 Å². The number of hydrogen-bond acceptors (Lipinski definition) is 14. The van der Waals surface area contributed by atoms with Crippen molar-refractivity contribution in [3.05, 3.63) is 71.8 Å². The molecule has 0 aliphatic carbocycles. The molecule has 0 saturated heterocycles. The number of primary amides is 1. The molecule has 9 atom stereocenters. The number of rotatable bonds is 38. The van der Waals surface area contributed by atoms with Crippen LogP contribution in [-0.2, 0) is 70.4 Å². The number of aliphatic carboxylic acids is 3. The summed E-state index contributed by atoms with van der Waals surface area (Å²) in [6.07, 6.45) is -3.45. The Hall–Kier alpha value is -8.69. The lowest BCUT2D eigenvalue weighted by molar-refractivity contribution is -0.142. The molecule has 83 heavy (non-hydrogen) atoms. The molecule has 2 aromatic rings. The number of carboxylic acid groups (broad SMARTS) is 3. The molecule has 0 aromatic heterocycles. The van der Waals surface area contributed by atoms with Crippen LogP contribution in [0.25, 0.3) is 0 Å². The molecule has 2 aromatic carbocycles. The minimum absolute atomic E-state index is 0.0486. The Labute approximate surface area is 481 Å². The number of hydrogen-bond donors (Lipinski definition) is 16. The second-order valence-electron chi connectivity index (χ2n) is 21.4. The van der Waals surface area contributed by atoms with Gasteiger partial charge in [-0.3, -0.25) is 58.1 Å². The van der Waals surface area contributed by atoms with Gasteiger partial charge < -0.3 is 80.4 Å². The van der Waals surface area contributed by atoms with Crippen LogP contribution < -0.4 is 65.1 Å². The molecule has 0 bridgehead atoms. The predicted octanol–water partition coefficient (Wildman–Crippen LogP) is -1.62. The highest BCUT2D eigenvalue weighted by molar-refractivity contribution is 5.99. The van der Waals surface area contributed by atoms with E-state index in [-0.39, 0.29) is 75.2 Å². The summed E-state index contributed by atoms with van der Waals surface area (Å²) in [6, 6.07) is 3.31. The molecule has 0 radical (unpaired) electrons. The summed E-state index contributed by atoms with van der Waals surface area (Å²) in [4.78, 5) is 160. The molecule has 2 rings (SSSR count). The van der Waals surface area contributed by atoms with Gasteiger partial charge in [0.25, 0.3) is 0 Å². The Morgan fingerprint density at radius 2 is 0.807 bits per heavy atom. The molecule has 0 unspecified atom stereocenters. The number of nitrogens with one attached hydrogen (secondary N) is 10.